The van der Waals surface area contributed by atoms with Gasteiger partial charge in [-0.25, -0.2) is 14.6 Å². The molecule has 1 N–H and O–H groups in total. The first kappa shape index (κ1) is 14.4. The summed E-state index contributed by atoms with van der Waals surface area (Å²) in [5.74, 6) is -0.142. The van der Waals surface area contributed by atoms with E-state index < -0.39 is 6.04 Å². The number of carbonyl (C=O) groups excluding carboxylic acids is 1. The first-order chi connectivity index (χ1) is 10.6. The van der Waals surface area contributed by atoms with Crippen LogP contribution >= 0.6 is 11.3 Å². The van der Waals surface area contributed by atoms with Crippen molar-refractivity contribution < 1.29 is 4.79 Å². The van der Waals surface area contributed by atoms with E-state index in [2.05, 4.69) is 20.4 Å². The molecule has 0 aliphatic heterocycles. The molecule has 2 aromatic heterocycles. The minimum atomic E-state index is -0.423. The fourth-order valence-electron chi connectivity index (χ4n) is 2.04. The topological polar surface area (TPSA) is 72.7 Å². The number of nitrogens with zero attached hydrogens (tertiary/aromatic N) is 4. The van der Waals surface area contributed by atoms with E-state index in [1.165, 1.54) is 17.3 Å². The molecular formula is C15H15N5OS. The van der Waals surface area contributed by atoms with Crippen LogP contribution in [-0.2, 0) is 4.79 Å². The number of nitrogens with one attached hydrogen (secondary N) is 1. The van der Waals surface area contributed by atoms with Gasteiger partial charge in [-0.1, -0.05) is 12.1 Å². The summed E-state index contributed by atoms with van der Waals surface area (Å²) in [6.45, 7) is 3.75. The number of hydrogen-bond donors (Lipinski definition) is 1. The number of rotatable bonds is 4. The predicted molar refractivity (Wildman–Crippen MR) is 85.6 cm³/mol. The van der Waals surface area contributed by atoms with Gasteiger partial charge in [0.15, 0.2) is 0 Å². The smallest absolute Gasteiger partial charge is 0.249 e. The largest absolute Gasteiger partial charge is 0.324 e. The third-order valence-corrected chi connectivity index (χ3v) is 4.03. The molecule has 1 aromatic carbocycles. The zero-order chi connectivity index (χ0) is 15.5. The number of carbonyl (C=O) groups is 1. The number of anilines is 1. The minimum absolute atomic E-state index is 0.142. The van der Waals surface area contributed by atoms with Gasteiger partial charge < -0.3 is 5.32 Å². The maximum atomic E-state index is 12.2. The van der Waals surface area contributed by atoms with Crippen molar-refractivity contribution >= 4 is 22.9 Å². The molecule has 3 aromatic rings. The SMILES string of the molecule is Cc1nc(-c2cccc(NC(=O)C(C)n3cncn3)c2)cs1. The number of thiazole rings is 1. The monoisotopic (exact) mass is 313 g/mol. The van der Waals surface area contributed by atoms with Crippen LogP contribution in [0.15, 0.2) is 42.3 Å². The first-order valence-corrected chi connectivity index (χ1v) is 7.69. The molecule has 0 fully saturated rings. The van der Waals surface area contributed by atoms with Crippen LogP contribution in [0.3, 0.4) is 0 Å². The van der Waals surface area contributed by atoms with Crippen LogP contribution in [0.1, 0.15) is 18.0 Å². The van der Waals surface area contributed by atoms with Gasteiger partial charge in [-0.2, -0.15) is 5.10 Å². The van der Waals surface area contributed by atoms with E-state index in [4.69, 9.17) is 0 Å². The summed E-state index contributed by atoms with van der Waals surface area (Å²) in [5.41, 5.74) is 2.64. The summed E-state index contributed by atoms with van der Waals surface area (Å²) in [6, 6.07) is 7.23. The molecule has 0 aliphatic rings. The van der Waals surface area contributed by atoms with Crippen molar-refractivity contribution in [1.29, 1.82) is 0 Å². The Kier molecular flexibility index (Phi) is 3.97. The summed E-state index contributed by atoms with van der Waals surface area (Å²) in [6.07, 6.45) is 2.94. The van der Waals surface area contributed by atoms with E-state index in [0.29, 0.717) is 0 Å². The van der Waals surface area contributed by atoms with Gasteiger partial charge >= 0.3 is 0 Å². The normalized spacial score (nSPS) is 12.1. The van der Waals surface area contributed by atoms with Crippen molar-refractivity contribution in [1.82, 2.24) is 19.7 Å². The molecule has 6 nitrogen and oxygen atoms in total. The lowest BCUT2D eigenvalue weighted by Crippen LogP contribution is -2.24. The van der Waals surface area contributed by atoms with Crippen molar-refractivity contribution in [2.24, 2.45) is 0 Å². The maximum absolute atomic E-state index is 12.2. The zero-order valence-electron chi connectivity index (χ0n) is 12.2. The average Bonchev–Trinajstić information content (AvgIpc) is 3.18. The van der Waals surface area contributed by atoms with Gasteiger partial charge in [-0.3, -0.25) is 4.79 Å². The van der Waals surface area contributed by atoms with Gasteiger partial charge in [0.1, 0.15) is 18.7 Å². The third-order valence-electron chi connectivity index (χ3n) is 3.26. The first-order valence-electron chi connectivity index (χ1n) is 6.81. The highest BCUT2D eigenvalue weighted by Gasteiger charge is 2.15. The number of hydrogen-bond acceptors (Lipinski definition) is 5. The molecule has 0 spiro atoms. The fraction of sp³-hybridized carbons (Fsp3) is 0.200. The number of aromatic nitrogens is 4. The lowest BCUT2D eigenvalue weighted by Gasteiger charge is -2.12. The van der Waals surface area contributed by atoms with Crippen LogP contribution in [0.5, 0.6) is 0 Å². The Morgan fingerprint density at radius 1 is 1.41 bits per heavy atom. The zero-order valence-corrected chi connectivity index (χ0v) is 13.0. The van der Waals surface area contributed by atoms with Gasteiger partial charge in [-0.05, 0) is 26.0 Å². The Labute approximate surface area is 131 Å². The van der Waals surface area contributed by atoms with E-state index in [9.17, 15) is 4.79 Å². The second kappa shape index (κ2) is 6.07. The van der Waals surface area contributed by atoms with E-state index in [-0.39, 0.29) is 5.91 Å². The fourth-order valence-corrected chi connectivity index (χ4v) is 2.66. The van der Waals surface area contributed by atoms with Crippen LogP contribution in [0, 0.1) is 6.92 Å². The molecule has 1 amide bonds. The van der Waals surface area contributed by atoms with E-state index in [1.807, 2.05) is 36.6 Å². The highest BCUT2D eigenvalue weighted by atomic mass is 32.1. The van der Waals surface area contributed by atoms with Crippen molar-refractivity contribution in [3.05, 3.63) is 47.3 Å². The number of benzene rings is 1. The Bertz CT molecular complexity index is 781. The van der Waals surface area contributed by atoms with Gasteiger partial charge in [0.25, 0.3) is 0 Å². The molecule has 112 valence electrons. The van der Waals surface area contributed by atoms with Gasteiger partial charge in [-0.15, -0.1) is 11.3 Å². The van der Waals surface area contributed by atoms with Crippen molar-refractivity contribution in [2.75, 3.05) is 5.32 Å². The Morgan fingerprint density at radius 2 is 2.27 bits per heavy atom. The molecule has 1 atom stereocenters. The summed E-state index contributed by atoms with van der Waals surface area (Å²) >= 11 is 1.61. The van der Waals surface area contributed by atoms with Crippen LogP contribution in [0.25, 0.3) is 11.3 Å². The van der Waals surface area contributed by atoms with Crippen LogP contribution in [0.2, 0.25) is 0 Å². The summed E-state index contributed by atoms with van der Waals surface area (Å²) < 4.78 is 1.52. The Hall–Kier alpha value is -2.54. The molecule has 1 unspecified atom stereocenters. The molecule has 0 saturated carbocycles. The van der Waals surface area contributed by atoms with Crippen LogP contribution in [-0.4, -0.2) is 25.7 Å². The van der Waals surface area contributed by atoms with Gasteiger partial charge in [0, 0.05) is 16.6 Å². The molecule has 3 rings (SSSR count). The summed E-state index contributed by atoms with van der Waals surface area (Å²) in [7, 11) is 0. The van der Waals surface area contributed by atoms with Crippen LogP contribution < -0.4 is 5.32 Å². The Balaban J connectivity index is 1.77. The molecule has 7 heteroatoms. The molecule has 0 bridgehead atoms. The summed E-state index contributed by atoms with van der Waals surface area (Å²) in [4.78, 5) is 20.6. The summed E-state index contributed by atoms with van der Waals surface area (Å²) in [5, 5.41) is 9.90. The highest BCUT2D eigenvalue weighted by Crippen LogP contribution is 2.24. The van der Waals surface area contributed by atoms with Crippen molar-refractivity contribution in [3.8, 4) is 11.3 Å². The number of amides is 1. The van der Waals surface area contributed by atoms with Crippen LogP contribution in [0.4, 0.5) is 5.69 Å². The Morgan fingerprint density at radius 3 is 2.95 bits per heavy atom. The molecule has 0 radical (unpaired) electrons. The van der Waals surface area contributed by atoms with E-state index in [0.717, 1.165) is 22.0 Å². The third kappa shape index (κ3) is 3.04. The second-order valence-electron chi connectivity index (χ2n) is 4.87. The second-order valence-corrected chi connectivity index (χ2v) is 5.94. The van der Waals surface area contributed by atoms with Crippen molar-refractivity contribution in [2.45, 2.75) is 19.9 Å². The van der Waals surface area contributed by atoms with Crippen molar-refractivity contribution in [3.63, 3.8) is 0 Å². The quantitative estimate of drug-likeness (QED) is 0.804. The molecule has 0 saturated heterocycles. The average molecular weight is 313 g/mol. The predicted octanol–water partition coefficient (Wildman–Crippen LogP) is 2.91. The van der Waals surface area contributed by atoms with Gasteiger partial charge in [0.2, 0.25) is 5.91 Å². The number of aryl methyl sites for hydroxylation is 1. The van der Waals surface area contributed by atoms with E-state index >= 15 is 0 Å². The lowest BCUT2D eigenvalue weighted by atomic mass is 10.1. The highest BCUT2D eigenvalue weighted by molar-refractivity contribution is 7.09. The minimum Gasteiger partial charge on any atom is -0.324 e. The molecule has 22 heavy (non-hydrogen) atoms. The van der Waals surface area contributed by atoms with E-state index in [1.54, 1.807) is 18.3 Å². The molecular weight excluding hydrogens is 298 g/mol. The van der Waals surface area contributed by atoms with Gasteiger partial charge in [0.05, 0.1) is 10.7 Å². The lowest BCUT2D eigenvalue weighted by molar-refractivity contribution is -0.119. The molecule has 0 aliphatic carbocycles. The molecule has 2 heterocycles. The maximum Gasteiger partial charge on any atom is 0.249 e. The standard InChI is InChI=1S/C15H15N5OS/c1-10(20-9-16-8-17-20)15(21)19-13-5-3-4-12(6-13)14-7-22-11(2)18-14/h3-10H,1-2H3,(H,19,21).